The maximum absolute atomic E-state index is 12.4. The molecule has 2 unspecified atom stereocenters. The molecule has 2 atom stereocenters. The molecule has 2 aliphatic heterocycles. The molecule has 20 heavy (non-hydrogen) atoms. The van der Waals surface area contributed by atoms with Crippen LogP contribution < -0.4 is 5.32 Å². The van der Waals surface area contributed by atoms with Crippen LogP contribution in [0.5, 0.6) is 0 Å². The predicted molar refractivity (Wildman–Crippen MR) is 85.8 cm³/mol. The number of hydrogen-bond acceptors (Lipinski definition) is 3. The summed E-state index contributed by atoms with van der Waals surface area (Å²) >= 11 is 5.17. The molecule has 5 heteroatoms. The van der Waals surface area contributed by atoms with E-state index in [2.05, 4.69) is 27.3 Å². The topological polar surface area (TPSA) is 32.3 Å². The van der Waals surface area contributed by atoms with E-state index in [1.807, 2.05) is 18.0 Å². The number of carbonyl (C=O) groups is 1. The van der Waals surface area contributed by atoms with Gasteiger partial charge in [0.05, 0.1) is 10.3 Å². The maximum atomic E-state index is 12.4. The van der Waals surface area contributed by atoms with Crippen molar-refractivity contribution in [2.45, 2.75) is 50.7 Å². The largest absolute Gasteiger partial charge is 0.341 e. The first-order valence-electron chi connectivity index (χ1n) is 7.34. The van der Waals surface area contributed by atoms with Gasteiger partial charge in [0.2, 0.25) is 5.91 Å². The van der Waals surface area contributed by atoms with E-state index in [-0.39, 0.29) is 0 Å². The Bertz CT molecular complexity index is 478. The van der Waals surface area contributed by atoms with Gasteiger partial charge in [0, 0.05) is 30.4 Å². The molecule has 0 spiro atoms. The number of piperidine rings is 1. The molecule has 110 valence electrons. The van der Waals surface area contributed by atoms with E-state index in [1.165, 1.54) is 30.6 Å². The number of fused-ring (bicyclic) bond motifs is 2. The van der Waals surface area contributed by atoms with Gasteiger partial charge in [-0.1, -0.05) is 0 Å². The number of nitrogens with one attached hydrogen (secondary N) is 1. The molecule has 2 saturated heterocycles. The molecule has 0 radical (unpaired) electrons. The first-order valence-corrected chi connectivity index (χ1v) is 8.95. The predicted octanol–water partition coefficient (Wildman–Crippen LogP) is 3.39. The number of halogens is 1. The second-order valence-electron chi connectivity index (χ2n) is 6.14. The molecular weight excluding hydrogens is 336 g/mol. The highest BCUT2D eigenvalue weighted by Crippen LogP contribution is 2.33. The number of rotatable bonds is 4. The number of nitrogens with zero attached hydrogens (tertiary/aromatic N) is 1. The third-order valence-corrected chi connectivity index (χ3v) is 6.09. The van der Waals surface area contributed by atoms with E-state index in [0.29, 0.717) is 23.9 Å². The average Bonchev–Trinajstić information content (AvgIpc) is 2.95. The van der Waals surface area contributed by atoms with Gasteiger partial charge in [-0.25, -0.2) is 0 Å². The van der Waals surface area contributed by atoms with E-state index in [4.69, 9.17) is 0 Å². The Labute approximate surface area is 132 Å². The summed E-state index contributed by atoms with van der Waals surface area (Å²) in [6.07, 6.45) is 5.68. The lowest BCUT2D eigenvalue weighted by atomic mass is 9.89. The quantitative estimate of drug-likeness (QED) is 0.896. The zero-order chi connectivity index (χ0) is 14.1. The minimum atomic E-state index is 0.292. The number of hydrogen-bond donors (Lipinski definition) is 1. The van der Waals surface area contributed by atoms with Crippen LogP contribution in [0.2, 0.25) is 0 Å². The smallest absolute Gasteiger partial charge is 0.222 e. The molecule has 2 bridgehead atoms. The van der Waals surface area contributed by atoms with Crippen LogP contribution in [0.15, 0.2) is 15.9 Å². The van der Waals surface area contributed by atoms with Crippen molar-refractivity contribution in [2.24, 2.45) is 5.92 Å². The van der Waals surface area contributed by atoms with Gasteiger partial charge in [0.15, 0.2) is 0 Å². The second-order valence-corrected chi connectivity index (χ2v) is 8.68. The Morgan fingerprint density at radius 3 is 2.70 bits per heavy atom. The summed E-state index contributed by atoms with van der Waals surface area (Å²) in [5.74, 6) is 0.875. The monoisotopic (exact) mass is 356 g/mol. The highest BCUT2D eigenvalue weighted by atomic mass is 79.9. The normalized spacial score (nSPS) is 28.6. The van der Waals surface area contributed by atoms with Crippen LogP contribution in [-0.2, 0) is 11.3 Å². The van der Waals surface area contributed by atoms with Crippen LogP contribution in [0.3, 0.4) is 0 Å². The summed E-state index contributed by atoms with van der Waals surface area (Å²) in [7, 11) is 1.92. The van der Waals surface area contributed by atoms with Crippen LogP contribution in [0.1, 0.15) is 37.0 Å². The van der Waals surface area contributed by atoms with Crippen LogP contribution in [-0.4, -0.2) is 29.9 Å². The van der Waals surface area contributed by atoms with Crippen molar-refractivity contribution in [1.29, 1.82) is 0 Å². The number of amides is 1. The highest BCUT2D eigenvalue weighted by Gasteiger charge is 2.34. The van der Waals surface area contributed by atoms with Gasteiger partial charge in [-0.15, -0.1) is 11.3 Å². The molecule has 0 saturated carbocycles. The molecule has 1 amide bonds. The minimum Gasteiger partial charge on any atom is -0.341 e. The number of carbonyl (C=O) groups excluding carboxylic acids is 1. The molecule has 2 fully saturated rings. The first kappa shape index (κ1) is 14.5. The first-order chi connectivity index (χ1) is 9.60. The second kappa shape index (κ2) is 6.16. The molecular formula is C15H21BrN2OS. The zero-order valence-electron chi connectivity index (χ0n) is 11.8. The minimum absolute atomic E-state index is 0.292. The Morgan fingerprint density at radius 2 is 2.10 bits per heavy atom. The lowest BCUT2D eigenvalue weighted by Crippen LogP contribution is -2.39. The third-order valence-electron chi connectivity index (χ3n) is 4.48. The molecule has 3 rings (SSSR count). The van der Waals surface area contributed by atoms with E-state index in [0.717, 1.165) is 16.8 Å². The van der Waals surface area contributed by atoms with Crippen LogP contribution in [0.4, 0.5) is 0 Å². The molecule has 0 aromatic carbocycles. The lowest BCUT2D eigenvalue weighted by Gasteiger charge is -2.29. The van der Waals surface area contributed by atoms with Gasteiger partial charge in [-0.05, 0) is 59.7 Å². The van der Waals surface area contributed by atoms with Crippen molar-refractivity contribution in [1.82, 2.24) is 10.2 Å². The molecule has 2 aliphatic rings. The molecule has 1 aromatic rings. The Morgan fingerprint density at radius 1 is 1.40 bits per heavy atom. The SMILES string of the molecule is CN(Cc1ccc(Br)s1)C(=O)CC1CC2CCC(C1)N2. The van der Waals surface area contributed by atoms with Crippen molar-refractivity contribution in [3.63, 3.8) is 0 Å². The Hall–Kier alpha value is -0.390. The van der Waals surface area contributed by atoms with Gasteiger partial charge in [0.1, 0.15) is 0 Å². The average molecular weight is 357 g/mol. The summed E-state index contributed by atoms with van der Waals surface area (Å²) in [4.78, 5) is 15.5. The molecule has 3 nitrogen and oxygen atoms in total. The summed E-state index contributed by atoms with van der Waals surface area (Å²) in [5.41, 5.74) is 0. The molecule has 3 heterocycles. The maximum Gasteiger partial charge on any atom is 0.222 e. The van der Waals surface area contributed by atoms with Crippen molar-refractivity contribution in [3.05, 3.63) is 20.8 Å². The van der Waals surface area contributed by atoms with E-state index in [1.54, 1.807) is 11.3 Å². The number of thiophene rings is 1. The van der Waals surface area contributed by atoms with Gasteiger partial charge >= 0.3 is 0 Å². The van der Waals surface area contributed by atoms with Crippen LogP contribution >= 0.6 is 27.3 Å². The summed E-state index contributed by atoms with van der Waals surface area (Å²) in [6.45, 7) is 0.729. The highest BCUT2D eigenvalue weighted by molar-refractivity contribution is 9.11. The summed E-state index contributed by atoms with van der Waals surface area (Å²) in [6, 6.07) is 5.47. The fraction of sp³-hybridized carbons (Fsp3) is 0.667. The van der Waals surface area contributed by atoms with Crippen LogP contribution in [0, 0.1) is 5.92 Å². The standard InChI is InChI=1S/C15H21BrN2OS/c1-18(9-13-4-5-14(16)20-13)15(19)8-10-6-11-2-3-12(7-10)17-11/h4-5,10-12,17H,2-3,6-9H2,1H3. The zero-order valence-corrected chi connectivity index (χ0v) is 14.2. The Balaban J connectivity index is 1.51. The molecule has 1 N–H and O–H groups in total. The van der Waals surface area contributed by atoms with Crippen molar-refractivity contribution < 1.29 is 4.79 Å². The van der Waals surface area contributed by atoms with E-state index in [9.17, 15) is 4.79 Å². The Kier molecular flexibility index (Phi) is 4.48. The molecule has 1 aromatic heterocycles. The van der Waals surface area contributed by atoms with Crippen molar-refractivity contribution >= 4 is 33.2 Å². The lowest BCUT2D eigenvalue weighted by molar-refractivity contribution is -0.131. The van der Waals surface area contributed by atoms with Gasteiger partial charge < -0.3 is 10.2 Å². The fourth-order valence-electron chi connectivity index (χ4n) is 3.50. The summed E-state index contributed by atoms with van der Waals surface area (Å²) in [5, 5.41) is 3.64. The molecule has 0 aliphatic carbocycles. The van der Waals surface area contributed by atoms with Gasteiger partial charge in [-0.3, -0.25) is 4.79 Å². The van der Waals surface area contributed by atoms with E-state index < -0.39 is 0 Å². The van der Waals surface area contributed by atoms with Crippen LogP contribution in [0.25, 0.3) is 0 Å². The van der Waals surface area contributed by atoms with E-state index >= 15 is 0 Å². The summed E-state index contributed by atoms with van der Waals surface area (Å²) < 4.78 is 1.13. The van der Waals surface area contributed by atoms with Crippen molar-refractivity contribution in [3.8, 4) is 0 Å². The van der Waals surface area contributed by atoms with Gasteiger partial charge in [-0.2, -0.15) is 0 Å². The fourth-order valence-corrected chi connectivity index (χ4v) is 5.04. The van der Waals surface area contributed by atoms with Gasteiger partial charge in [0.25, 0.3) is 0 Å². The van der Waals surface area contributed by atoms with Crippen molar-refractivity contribution in [2.75, 3.05) is 7.05 Å². The third kappa shape index (κ3) is 3.43.